The topological polar surface area (TPSA) is 16.1 Å². The number of rotatable bonds is 1. The summed E-state index contributed by atoms with van der Waals surface area (Å²) in [7, 11) is 0. The van der Waals surface area contributed by atoms with E-state index in [1.54, 1.807) is 0 Å². The van der Waals surface area contributed by atoms with E-state index in [4.69, 9.17) is 4.11 Å². The highest BCUT2D eigenvalue weighted by atomic mass is 79.9. The molecule has 0 aromatic carbocycles. The molecule has 76 valence electrons. The van der Waals surface area contributed by atoms with Crippen LogP contribution in [0.25, 0.3) is 0 Å². The Bertz CT molecular complexity index is 413. The van der Waals surface area contributed by atoms with E-state index < -0.39 is 0 Å². The highest BCUT2D eigenvalue weighted by Crippen LogP contribution is 2.30. The average molecular weight is 258 g/mol. The molecule has 1 unspecified atom stereocenters. The Morgan fingerprint density at radius 1 is 1.64 bits per heavy atom. The van der Waals surface area contributed by atoms with Gasteiger partial charge in [-0.05, 0) is 48.2 Å². The molecule has 0 amide bonds. The van der Waals surface area contributed by atoms with Crippen molar-refractivity contribution in [1.82, 2.24) is 4.98 Å². The van der Waals surface area contributed by atoms with Crippen molar-refractivity contribution in [3.63, 3.8) is 0 Å². The van der Waals surface area contributed by atoms with Crippen molar-refractivity contribution in [2.24, 2.45) is 0 Å². The summed E-state index contributed by atoms with van der Waals surface area (Å²) in [4.78, 5) is 5.84. The lowest BCUT2D eigenvalue weighted by molar-refractivity contribution is 0.484. The van der Waals surface area contributed by atoms with Crippen LogP contribution in [0, 0.1) is 0 Å². The minimum atomic E-state index is -0.119. The average Bonchev–Trinajstić information content (AvgIpc) is 2.29. The molecule has 2 rings (SSSR count). The first-order valence-electron chi connectivity index (χ1n) is 6.42. The second kappa shape index (κ2) is 4.30. The molecule has 1 aromatic rings. The maximum absolute atomic E-state index is 7.95. The largest absolute Gasteiger partial charge is 0.368 e. The molecule has 14 heavy (non-hydrogen) atoms. The maximum atomic E-state index is 7.95. The molecule has 1 aliphatic heterocycles. The Kier molecular flexibility index (Phi) is 2.10. The van der Waals surface area contributed by atoms with Crippen LogP contribution in [-0.2, 0) is 0 Å². The minimum absolute atomic E-state index is 0.0405. The summed E-state index contributed by atoms with van der Waals surface area (Å²) < 4.78 is 23.8. The van der Waals surface area contributed by atoms with Crippen molar-refractivity contribution in [2.45, 2.75) is 32.2 Å². The summed E-state index contributed by atoms with van der Waals surface area (Å²) in [6, 6.07) is 0.465. The number of hydrogen-bond donors (Lipinski definition) is 0. The van der Waals surface area contributed by atoms with Crippen LogP contribution in [0.2, 0.25) is 0 Å². The molecule has 0 aliphatic carbocycles. The van der Waals surface area contributed by atoms with Gasteiger partial charge in [-0.1, -0.05) is 0 Å². The molecule has 0 radical (unpaired) electrons. The van der Waals surface area contributed by atoms with Gasteiger partial charge in [0.05, 0.1) is 14.3 Å². The van der Waals surface area contributed by atoms with Crippen LogP contribution in [0.15, 0.2) is 22.9 Å². The van der Waals surface area contributed by atoms with E-state index in [1.807, 2.05) is 0 Å². The highest BCUT2D eigenvalue weighted by molar-refractivity contribution is 9.10. The third kappa shape index (κ3) is 1.92. The molecule has 3 heteroatoms. The number of nitrogens with zero attached hydrogens (tertiary/aromatic N) is 2. The van der Waals surface area contributed by atoms with E-state index in [1.165, 1.54) is 6.42 Å². The number of piperidine rings is 1. The van der Waals surface area contributed by atoms with E-state index in [-0.39, 0.29) is 18.4 Å². The van der Waals surface area contributed by atoms with Gasteiger partial charge in [-0.25, -0.2) is 0 Å². The van der Waals surface area contributed by atoms with Crippen molar-refractivity contribution in [3.8, 4) is 0 Å². The van der Waals surface area contributed by atoms with Gasteiger partial charge in [-0.2, -0.15) is 0 Å². The molecular formula is C11H15BrN2. The highest BCUT2D eigenvalue weighted by Gasteiger charge is 2.19. The van der Waals surface area contributed by atoms with Crippen LogP contribution in [-0.4, -0.2) is 17.6 Å². The van der Waals surface area contributed by atoms with Crippen LogP contribution >= 0.6 is 15.9 Å². The molecule has 1 aromatic heterocycles. The molecule has 2 nitrogen and oxygen atoms in total. The standard InChI is InChI=1S/C11H15BrN2/c1-9-4-2-3-7-14(9)11-5-6-13-8-10(11)12/h5-6,8-9H,2-4,7H2,1H3/i5D,6D,8D. The fraction of sp³-hybridized carbons (Fsp3) is 0.545. The van der Waals surface area contributed by atoms with Crippen molar-refractivity contribution in [1.29, 1.82) is 0 Å². The molecule has 0 N–H and O–H groups in total. The molecule has 1 atom stereocenters. The van der Waals surface area contributed by atoms with Gasteiger partial charge in [-0.3, -0.25) is 4.98 Å². The first-order valence-corrected chi connectivity index (χ1v) is 5.71. The van der Waals surface area contributed by atoms with E-state index >= 15 is 0 Å². The van der Waals surface area contributed by atoms with Gasteiger partial charge in [0.25, 0.3) is 0 Å². The zero-order valence-corrected chi connectivity index (χ0v) is 9.76. The predicted octanol–water partition coefficient (Wildman–Crippen LogP) is 3.22. The lowest BCUT2D eigenvalue weighted by Gasteiger charge is -2.35. The molecular weight excluding hydrogens is 240 g/mol. The van der Waals surface area contributed by atoms with Crippen LogP contribution < -0.4 is 4.90 Å². The number of aromatic nitrogens is 1. The van der Waals surface area contributed by atoms with Gasteiger partial charge in [-0.15, -0.1) is 0 Å². The predicted molar refractivity (Wildman–Crippen MR) is 62.6 cm³/mol. The van der Waals surface area contributed by atoms with Gasteiger partial charge in [0.1, 0.15) is 0 Å². The summed E-state index contributed by atoms with van der Waals surface area (Å²) in [5.74, 6) is 0. The van der Waals surface area contributed by atoms with Gasteiger partial charge in [0.2, 0.25) is 0 Å². The minimum Gasteiger partial charge on any atom is -0.368 e. The Morgan fingerprint density at radius 2 is 2.50 bits per heavy atom. The maximum Gasteiger partial charge on any atom is 0.0853 e. The van der Waals surface area contributed by atoms with Gasteiger partial charge in [0, 0.05) is 24.9 Å². The van der Waals surface area contributed by atoms with Gasteiger partial charge >= 0.3 is 0 Å². The van der Waals surface area contributed by atoms with Crippen molar-refractivity contribution in [3.05, 3.63) is 22.9 Å². The number of pyridine rings is 1. The molecule has 0 bridgehead atoms. The molecule has 1 aliphatic rings. The molecule has 2 heterocycles. The monoisotopic (exact) mass is 257 g/mol. The SMILES string of the molecule is [2H]c1nc([2H])c(Br)c(N2CCCCC2C)c1[2H]. The molecule has 1 saturated heterocycles. The fourth-order valence-electron chi connectivity index (χ4n) is 1.89. The third-order valence-corrected chi connectivity index (χ3v) is 3.24. The molecule has 0 spiro atoms. The smallest absolute Gasteiger partial charge is 0.0853 e. The zero-order chi connectivity index (χ0) is 12.6. The Morgan fingerprint density at radius 3 is 3.29 bits per heavy atom. The van der Waals surface area contributed by atoms with Gasteiger partial charge in [0.15, 0.2) is 0 Å². The Labute approximate surface area is 97.7 Å². The fourth-order valence-corrected chi connectivity index (χ4v) is 2.31. The number of hydrogen-bond acceptors (Lipinski definition) is 2. The van der Waals surface area contributed by atoms with Crippen LogP contribution in [0.1, 0.15) is 30.3 Å². The van der Waals surface area contributed by atoms with Gasteiger partial charge < -0.3 is 4.90 Å². The summed E-state index contributed by atoms with van der Waals surface area (Å²) in [5.41, 5.74) is 0.655. The zero-order valence-electron chi connectivity index (χ0n) is 11.2. The van der Waals surface area contributed by atoms with Crippen molar-refractivity contribution >= 4 is 21.6 Å². The van der Waals surface area contributed by atoms with E-state index in [0.717, 1.165) is 19.4 Å². The first kappa shape index (κ1) is 6.83. The van der Waals surface area contributed by atoms with E-state index in [2.05, 4.69) is 32.7 Å². The van der Waals surface area contributed by atoms with Crippen molar-refractivity contribution in [2.75, 3.05) is 11.4 Å². The third-order valence-electron chi connectivity index (χ3n) is 2.68. The Balaban J connectivity index is 2.49. The number of halogens is 1. The van der Waals surface area contributed by atoms with E-state index in [0.29, 0.717) is 16.2 Å². The summed E-state index contributed by atoms with van der Waals surface area (Å²) in [6.07, 6.45) is 3.31. The van der Waals surface area contributed by atoms with Crippen LogP contribution in [0.5, 0.6) is 0 Å². The summed E-state index contributed by atoms with van der Waals surface area (Å²) in [6.45, 7) is 3.01. The lowest BCUT2D eigenvalue weighted by atomic mass is 10.0. The summed E-state index contributed by atoms with van der Waals surface area (Å²) >= 11 is 3.33. The van der Waals surface area contributed by atoms with E-state index in [9.17, 15) is 0 Å². The Hall–Kier alpha value is -0.570. The van der Waals surface area contributed by atoms with Crippen LogP contribution in [0.4, 0.5) is 5.69 Å². The molecule has 1 fully saturated rings. The number of anilines is 1. The van der Waals surface area contributed by atoms with Crippen molar-refractivity contribution < 1.29 is 4.11 Å². The molecule has 0 saturated carbocycles. The normalized spacial score (nSPS) is 25.4. The lowest BCUT2D eigenvalue weighted by Crippen LogP contribution is -2.37. The first-order chi connectivity index (χ1) is 8.02. The summed E-state index contributed by atoms with van der Waals surface area (Å²) in [5, 5.41) is 0. The second-order valence-corrected chi connectivity index (χ2v) is 4.45. The van der Waals surface area contributed by atoms with Crippen LogP contribution in [0.3, 0.4) is 0 Å². The second-order valence-electron chi connectivity index (χ2n) is 3.66. The quantitative estimate of drug-likeness (QED) is 0.768.